The Morgan fingerprint density at radius 2 is 1.82 bits per heavy atom. The number of nitrogens with zero attached hydrogens (tertiary/aromatic N) is 3. The van der Waals surface area contributed by atoms with E-state index in [9.17, 15) is 13.2 Å². The van der Waals surface area contributed by atoms with E-state index in [0.29, 0.717) is 36.3 Å². The number of nitriles is 1. The fourth-order valence-corrected chi connectivity index (χ4v) is 6.16. The van der Waals surface area contributed by atoms with Crippen molar-refractivity contribution in [1.29, 1.82) is 5.26 Å². The summed E-state index contributed by atoms with van der Waals surface area (Å²) in [4.78, 5) is 15.2. The molecule has 1 unspecified atom stereocenters. The molecule has 0 bridgehead atoms. The second-order valence-corrected chi connectivity index (χ2v) is 10.4. The minimum absolute atomic E-state index is 0.108. The summed E-state index contributed by atoms with van der Waals surface area (Å²) < 4.78 is 28.7. The Morgan fingerprint density at radius 3 is 2.53 bits per heavy atom. The number of carbonyl (C=O) groups is 1. The van der Waals surface area contributed by atoms with Crippen molar-refractivity contribution in [3.05, 3.63) is 95.1 Å². The van der Waals surface area contributed by atoms with Crippen molar-refractivity contribution in [1.82, 2.24) is 4.90 Å². The molecule has 1 amide bonds. The molecule has 1 aliphatic heterocycles. The van der Waals surface area contributed by atoms with Gasteiger partial charge in [0.25, 0.3) is 15.9 Å². The maximum Gasteiger partial charge on any atom is 0.264 e. The van der Waals surface area contributed by atoms with Crippen molar-refractivity contribution in [3.63, 3.8) is 0 Å². The molecule has 0 aliphatic carbocycles. The lowest BCUT2D eigenvalue weighted by Gasteiger charge is -2.25. The molecule has 3 aromatic carbocycles. The zero-order chi connectivity index (χ0) is 24.3. The molecule has 0 spiro atoms. The number of rotatable bonds is 7. The predicted octanol–water partition coefficient (Wildman–Crippen LogP) is 4.75. The van der Waals surface area contributed by atoms with Gasteiger partial charge in [-0.15, -0.1) is 0 Å². The van der Waals surface area contributed by atoms with Crippen LogP contribution in [0.3, 0.4) is 0 Å². The van der Waals surface area contributed by atoms with Gasteiger partial charge in [-0.2, -0.15) is 5.26 Å². The number of hydrogen-bond acceptors (Lipinski definition) is 4. The maximum atomic E-state index is 13.6. The number of para-hydroxylation sites is 1. The largest absolute Gasteiger partial charge is 0.334 e. The quantitative estimate of drug-likeness (QED) is 0.496. The first-order chi connectivity index (χ1) is 16.3. The second kappa shape index (κ2) is 9.70. The highest BCUT2D eigenvalue weighted by atomic mass is 32.2. The first kappa shape index (κ1) is 23.5. The molecule has 3 aromatic rings. The average molecular weight is 474 g/mol. The van der Waals surface area contributed by atoms with Crippen LogP contribution in [-0.4, -0.2) is 31.8 Å². The third-order valence-corrected chi connectivity index (χ3v) is 7.94. The molecule has 1 heterocycles. The molecule has 4 rings (SSSR count). The van der Waals surface area contributed by atoms with Crippen LogP contribution in [0.15, 0.2) is 77.7 Å². The summed E-state index contributed by atoms with van der Waals surface area (Å²) >= 11 is 0. The van der Waals surface area contributed by atoms with Gasteiger partial charge in [-0.3, -0.25) is 9.10 Å². The van der Waals surface area contributed by atoms with E-state index in [-0.39, 0.29) is 16.8 Å². The minimum atomic E-state index is -3.83. The molecule has 7 heteroatoms. The lowest BCUT2D eigenvalue weighted by molar-refractivity contribution is 0.0743. The molecular formula is C27H27N3O3S. The van der Waals surface area contributed by atoms with E-state index in [1.807, 2.05) is 50.2 Å². The fourth-order valence-electron chi connectivity index (χ4n) is 4.42. The van der Waals surface area contributed by atoms with Gasteiger partial charge in [-0.1, -0.05) is 43.3 Å². The Hall–Kier alpha value is -3.63. The predicted molar refractivity (Wildman–Crippen MR) is 132 cm³/mol. The molecule has 0 N–H and O–H groups in total. The summed E-state index contributed by atoms with van der Waals surface area (Å²) in [5.41, 5.74) is 3.51. The van der Waals surface area contributed by atoms with Crippen molar-refractivity contribution in [2.24, 2.45) is 0 Å². The number of amides is 1. The lowest BCUT2D eigenvalue weighted by atomic mass is 10.1. The van der Waals surface area contributed by atoms with Crippen molar-refractivity contribution >= 4 is 21.6 Å². The van der Waals surface area contributed by atoms with E-state index in [1.54, 1.807) is 35.2 Å². The topological polar surface area (TPSA) is 81.5 Å². The van der Waals surface area contributed by atoms with Gasteiger partial charge < -0.3 is 4.90 Å². The summed E-state index contributed by atoms with van der Waals surface area (Å²) in [7, 11) is -3.83. The van der Waals surface area contributed by atoms with Gasteiger partial charge in [0.05, 0.1) is 22.2 Å². The molecule has 0 saturated carbocycles. The molecule has 0 radical (unpaired) electrons. The Balaban J connectivity index is 1.62. The first-order valence-corrected chi connectivity index (χ1v) is 12.8. The molecule has 1 aliphatic rings. The first-order valence-electron chi connectivity index (χ1n) is 11.4. The number of anilines is 1. The van der Waals surface area contributed by atoms with Crippen molar-refractivity contribution in [3.8, 4) is 6.07 Å². The highest BCUT2D eigenvalue weighted by molar-refractivity contribution is 7.92. The van der Waals surface area contributed by atoms with Crippen LogP contribution in [0.4, 0.5) is 5.69 Å². The van der Waals surface area contributed by atoms with Crippen LogP contribution in [0.1, 0.15) is 47.3 Å². The zero-order valence-electron chi connectivity index (χ0n) is 19.3. The van der Waals surface area contributed by atoms with Crippen LogP contribution in [0.25, 0.3) is 0 Å². The Bertz CT molecular complexity index is 1340. The summed E-state index contributed by atoms with van der Waals surface area (Å²) in [5.74, 6) is -0.224. The minimum Gasteiger partial charge on any atom is -0.334 e. The van der Waals surface area contributed by atoms with Crippen LogP contribution in [-0.2, 0) is 23.0 Å². The lowest BCUT2D eigenvalue weighted by Crippen LogP contribution is -2.36. The second-order valence-electron chi connectivity index (χ2n) is 8.55. The highest BCUT2D eigenvalue weighted by Crippen LogP contribution is 2.36. The zero-order valence-corrected chi connectivity index (χ0v) is 20.1. The molecule has 0 aromatic heterocycles. The van der Waals surface area contributed by atoms with Crippen molar-refractivity contribution in [2.45, 2.75) is 44.2 Å². The molecule has 0 fully saturated rings. The fraction of sp³-hybridized carbons (Fsp3) is 0.259. The number of fused-ring (bicyclic) bond motifs is 1. The van der Waals surface area contributed by atoms with Crippen LogP contribution in [0, 0.1) is 11.3 Å². The van der Waals surface area contributed by atoms with Gasteiger partial charge in [-0.25, -0.2) is 8.42 Å². The van der Waals surface area contributed by atoms with Gasteiger partial charge in [0.1, 0.15) is 0 Å². The van der Waals surface area contributed by atoms with Gasteiger partial charge in [0.15, 0.2) is 0 Å². The summed E-state index contributed by atoms with van der Waals surface area (Å²) in [5, 5.41) is 9.01. The number of benzene rings is 3. The molecule has 34 heavy (non-hydrogen) atoms. The maximum absolute atomic E-state index is 13.6. The summed E-state index contributed by atoms with van der Waals surface area (Å²) in [6, 6.07) is 22.9. The third kappa shape index (κ3) is 4.55. The third-order valence-electron chi connectivity index (χ3n) is 6.02. The van der Waals surface area contributed by atoms with Crippen LogP contribution in [0.5, 0.6) is 0 Å². The van der Waals surface area contributed by atoms with E-state index < -0.39 is 10.0 Å². The van der Waals surface area contributed by atoms with E-state index in [0.717, 1.165) is 17.5 Å². The van der Waals surface area contributed by atoms with Gasteiger partial charge in [0, 0.05) is 24.7 Å². The summed E-state index contributed by atoms with van der Waals surface area (Å²) in [6.45, 7) is 4.80. The summed E-state index contributed by atoms with van der Waals surface area (Å²) in [6.07, 6.45) is 1.42. The monoisotopic (exact) mass is 473 g/mol. The Morgan fingerprint density at radius 1 is 1.09 bits per heavy atom. The van der Waals surface area contributed by atoms with Crippen LogP contribution < -0.4 is 4.31 Å². The van der Waals surface area contributed by atoms with E-state index in [2.05, 4.69) is 6.07 Å². The number of sulfonamides is 1. The van der Waals surface area contributed by atoms with E-state index >= 15 is 0 Å². The normalized spacial score (nSPS) is 15.0. The van der Waals surface area contributed by atoms with Gasteiger partial charge in [-0.05, 0) is 67.3 Å². The van der Waals surface area contributed by atoms with Crippen LogP contribution >= 0.6 is 0 Å². The molecule has 174 valence electrons. The Labute approximate surface area is 201 Å². The van der Waals surface area contributed by atoms with Crippen molar-refractivity contribution in [2.75, 3.05) is 10.8 Å². The van der Waals surface area contributed by atoms with Crippen LogP contribution in [0.2, 0.25) is 0 Å². The van der Waals surface area contributed by atoms with E-state index in [1.165, 1.54) is 10.4 Å². The number of hydrogen-bond donors (Lipinski definition) is 0. The molecule has 6 nitrogen and oxygen atoms in total. The van der Waals surface area contributed by atoms with E-state index in [4.69, 9.17) is 5.26 Å². The van der Waals surface area contributed by atoms with Gasteiger partial charge in [0.2, 0.25) is 0 Å². The highest BCUT2D eigenvalue weighted by Gasteiger charge is 2.36. The molecule has 0 saturated heterocycles. The van der Waals surface area contributed by atoms with Gasteiger partial charge >= 0.3 is 0 Å². The molecular weight excluding hydrogens is 446 g/mol. The van der Waals surface area contributed by atoms with Crippen molar-refractivity contribution < 1.29 is 13.2 Å². The SMILES string of the molecule is CCCN(Cc1ccc(C#N)cc1)C(=O)c1cccc(S(=O)(=O)N2c3ccccc3CC2C)c1. The average Bonchev–Trinajstić information content (AvgIpc) is 3.20. The standard InChI is InChI=1S/C27H27N3O3S/c1-3-15-29(19-22-13-11-21(18-28)12-14-22)27(31)24-8-6-9-25(17-24)34(32,33)30-20(2)16-23-7-4-5-10-26(23)30/h4-14,17,20H,3,15-16,19H2,1-2H3. The molecule has 1 atom stereocenters. The Kier molecular flexibility index (Phi) is 6.71. The number of carbonyl (C=O) groups excluding carboxylic acids is 1. The smallest absolute Gasteiger partial charge is 0.264 e.